The Morgan fingerprint density at radius 3 is 2.89 bits per heavy atom. The summed E-state index contributed by atoms with van der Waals surface area (Å²) in [6, 6.07) is 4.75. The van der Waals surface area contributed by atoms with Crippen molar-refractivity contribution in [1.82, 2.24) is 15.2 Å². The van der Waals surface area contributed by atoms with Crippen LogP contribution in [-0.4, -0.2) is 29.6 Å². The Morgan fingerprint density at radius 1 is 1.33 bits per heavy atom. The van der Waals surface area contributed by atoms with E-state index < -0.39 is 0 Å². The summed E-state index contributed by atoms with van der Waals surface area (Å²) in [4.78, 5) is 12.3. The molecule has 2 fully saturated rings. The Labute approximate surface area is 108 Å². The number of nitrogens with one attached hydrogen (secondary N) is 2. The smallest absolute Gasteiger partial charge is 0.268 e. The summed E-state index contributed by atoms with van der Waals surface area (Å²) in [6.45, 7) is 1.97. The van der Waals surface area contributed by atoms with Gasteiger partial charge < -0.3 is 15.2 Å². The number of amides is 1. The summed E-state index contributed by atoms with van der Waals surface area (Å²) in [6.07, 6.45) is 7.98. The van der Waals surface area contributed by atoms with E-state index in [9.17, 15) is 4.79 Å². The molecule has 1 aliphatic heterocycles. The third-order valence-electron chi connectivity index (χ3n) is 4.11. The van der Waals surface area contributed by atoms with Crippen LogP contribution >= 0.6 is 0 Å². The normalized spacial score (nSPS) is 24.6. The highest BCUT2D eigenvalue weighted by molar-refractivity contribution is 5.93. The molecule has 1 aromatic heterocycles. The third kappa shape index (κ3) is 2.29. The molecule has 1 amide bonds. The summed E-state index contributed by atoms with van der Waals surface area (Å²) in [5.41, 5.74) is 0.824. The molecule has 0 spiro atoms. The Bertz CT molecular complexity index is 416. The van der Waals surface area contributed by atoms with Gasteiger partial charge in [-0.2, -0.15) is 0 Å². The van der Waals surface area contributed by atoms with Gasteiger partial charge in [0, 0.05) is 24.8 Å². The maximum absolute atomic E-state index is 12.3. The highest BCUT2D eigenvalue weighted by Crippen LogP contribution is 2.32. The molecule has 2 heterocycles. The van der Waals surface area contributed by atoms with Gasteiger partial charge in [-0.15, -0.1) is 0 Å². The number of carbonyl (C=O) groups is 1. The number of rotatable bonds is 3. The molecule has 2 aliphatic rings. The maximum atomic E-state index is 12.3. The fourth-order valence-electron chi connectivity index (χ4n) is 2.80. The summed E-state index contributed by atoms with van der Waals surface area (Å²) in [5.74, 6) is 0.0839. The second-order valence-corrected chi connectivity index (χ2v) is 5.40. The van der Waals surface area contributed by atoms with Crippen LogP contribution in [-0.2, 0) is 0 Å². The van der Waals surface area contributed by atoms with E-state index in [1.165, 1.54) is 19.3 Å². The van der Waals surface area contributed by atoms with Gasteiger partial charge in [0.1, 0.15) is 5.69 Å². The fraction of sp³-hybridized carbons (Fsp3) is 0.643. The second-order valence-electron chi connectivity index (χ2n) is 5.40. The summed E-state index contributed by atoms with van der Waals surface area (Å²) >= 11 is 0. The summed E-state index contributed by atoms with van der Waals surface area (Å²) in [7, 11) is 0. The zero-order valence-electron chi connectivity index (χ0n) is 10.7. The molecule has 0 radical (unpaired) electrons. The standard InChI is InChI=1S/C14H21N3O/c18-14(16-11-4-2-8-15-10-11)13-7-3-9-17(13)12-5-1-6-12/h3,7,9,11-12,15H,1-2,4-6,8,10H2,(H,16,18)/t11-/m1/s1. The summed E-state index contributed by atoms with van der Waals surface area (Å²) in [5, 5.41) is 6.47. The van der Waals surface area contributed by atoms with Crippen molar-refractivity contribution in [3.05, 3.63) is 24.0 Å². The molecule has 18 heavy (non-hydrogen) atoms. The molecule has 98 valence electrons. The van der Waals surface area contributed by atoms with Crippen LogP contribution in [0.15, 0.2) is 18.3 Å². The van der Waals surface area contributed by atoms with Crippen LogP contribution in [0.1, 0.15) is 48.6 Å². The number of aromatic nitrogens is 1. The lowest BCUT2D eigenvalue weighted by atomic mass is 9.93. The Morgan fingerprint density at radius 2 is 2.22 bits per heavy atom. The molecular weight excluding hydrogens is 226 g/mol. The minimum Gasteiger partial charge on any atom is -0.347 e. The van der Waals surface area contributed by atoms with E-state index in [1.54, 1.807) is 0 Å². The monoisotopic (exact) mass is 247 g/mol. The topological polar surface area (TPSA) is 46.1 Å². The van der Waals surface area contributed by atoms with Crippen molar-refractivity contribution in [3.8, 4) is 0 Å². The molecule has 1 saturated carbocycles. The van der Waals surface area contributed by atoms with Gasteiger partial charge in [-0.1, -0.05) is 0 Å². The molecule has 0 aromatic carbocycles. The number of carbonyl (C=O) groups excluding carboxylic acids is 1. The SMILES string of the molecule is O=C(N[C@@H]1CCCNC1)c1cccn1C1CCC1. The largest absolute Gasteiger partial charge is 0.347 e. The van der Waals surface area contributed by atoms with Crippen LogP contribution in [0.2, 0.25) is 0 Å². The van der Waals surface area contributed by atoms with Gasteiger partial charge in [-0.25, -0.2) is 0 Å². The first-order chi connectivity index (χ1) is 8.84. The van der Waals surface area contributed by atoms with E-state index in [2.05, 4.69) is 15.2 Å². The number of hydrogen-bond acceptors (Lipinski definition) is 2. The van der Waals surface area contributed by atoms with E-state index in [4.69, 9.17) is 0 Å². The zero-order valence-corrected chi connectivity index (χ0v) is 10.7. The van der Waals surface area contributed by atoms with Gasteiger partial charge in [0.15, 0.2) is 0 Å². The van der Waals surface area contributed by atoms with Crippen LogP contribution in [0.5, 0.6) is 0 Å². The van der Waals surface area contributed by atoms with E-state index in [1.807, 2.05) is 18.3 Å². The van der Waals surface area contributed by atoms with Crippen LogP contribution < -0.4 is 10.6 Å². The first kappa shape index (κ1) is 11.8. The minimum absolute atomic E-state index is 0.0839. The average molecular weight is 247 g/mol. The van der Waals surface area contributed by atoms with Crippen LogP contribution in [0.4, 0.5) is 0 Å². The Balaban J connectivity index is 1.66. The van der Waals surface area contributed by atoms with Gasteiger partial charge in [0.25, 0.3) is 5.91 Å². The quantitative estimate of drug-likeness (QED) is 0.854. The van der Waals surface area contributed by atoms with E-state index in [0.29, 0.717) is 6.04 Å². The molecule has 4 nitrogen and oxygen atoms in total. The van der Waals surface area contributed by atoms with E-state index in [0.717, 1.165) is 31.6 Å². The van der Waals surface area contributed by atoms with Crippen molar-refractivity contribution in [3.63, 3.8) is 0 Å². The van der Waals surface area contributed by atoms with Crippen molar-refractivity contribution < 1.29 is 4.79 Å². The molecule has 1 saturated heterocycles. The predicted molar refractivity (Wildman–Crippen MR) is 70.7 cm³/mol. The molecule has 4 heteroatoms. The lowest BCUT2D eigenvalue weighted by molar-refractivity contribution is 0.0915. The van der Waals surface area contributed by atoms with Gasteiger partial charge in [-0.05, 0) is 50.8 Å². The van der Waals surface area contributed by atoms with Gasteiger partial charge >= 0.3 is 0 Å². The van der Waals surface area contributed by atoms with Crippen molar-refractivity contribution in [2.45, 2.75) is 44.2 Å². The minimum atomic E-state index is 0.0839. The summed E-state index contributed by atoms with van der Waals surface area (Å²) < 4.78 is 2.15. The molecule has 1 atom stereocenters. The molecular formula is C14H21N3O. The van der Waals surface area contributed by atoms with Gasteiger partial charge in [0.2, 0.25) is 0 Å². The molecule has 2 N–H and O–H groups in total. The third-order valence-corrected chi connectivity index (χ3v) is 4.11. The Kier molecular flexibility index (Phi) is 3.37. The molecule has 0 unspecified atom stereocenters. The number of piperidine rings is 1. The maximum Gasteiger partial charge on any atom is 0.268 e. The number of nitrogens with zero attached hydrogens (tertiary/aromatic N) is 1. The number of hydrogen-bond donors (Lipinski definition) is 2. The van der Waals surface area contributed by atoms with E-state index >= 15 is 0 Å². The zero-order chi connectivity index (χ0) is 12.4. The predicted octanol–water partition coefficient (Wildman–Crippen LogP) is 1.69. The lowest BCUT2D eigenvalue weighted by Crippen LogP contribution is -2.46. The van der Waals surface area contributed by atoms with Crippen molar-refractivity contribution in [2.75, 3.05) is 13.1 Å². The second kappa shape index (κ2) is 5.14. The highest BCUT2D eigenvalue weighted by Gasteiger charge is 2.24. The fourth-order valence-corrected chi connectivity index (χ4v) is 2.80. The Hall–Kier alpha value is -1.29. The van der Waals surface area contributed by atoms with Gasteiger partial charge in [-0.3, -0.25) is 4.79 Å². The molecule has 1 aliphatic carbocycles. The molecule has 1 aromatic rings. The van der Waals surface area contributed by atoms with E-state index in [-0.39, 0.29) is 11.9 Å². The van der Waals surface area contributed by atoms with Gasteiger partial charge in [0.05, 0.1) is 0 Å². The average Bonchev–Trinajstić information content (AvgIpc) is 2.77. The molecule has 3 rings (SSSR count). The van der Waals surface area contributed by atoms with Crippen molar-refractivity contribution in [1.29, 1.82) is 0 Å². The molecule has 0 bridgehead atoms. The van der Waals surface area contributed by atoms with Crippen molar-refractivity contribution in [2.24, 2.45) is 0 Å². The van der Waals surface area contributed by atoms with Crippen LogP contribution in [0.25, 0.3) is 0 Å². The first-order valence-electron chi connectivity index (χ1n) is 7.03. The van der Waals surface area contributed by atoms with Crippen LogP contribution in [0, 0.1) is 0 Å². The highest BCUT2D eigenvalue weighted by atomic mass is 16.2. The van der Waals surface area contributed by atoms with Crippen molar-refractivity contribution >= 4 is 5.91 Å². The first-order valence-corrected chi connectivity index (χ1v) is 7.03. The van der Waals surface area contributed by atoms with Crippen LogP contribution in [0.3, 0.4) is 0 Å². The lowest BCUT2D eigenvalue weighted by Gasteiger charge is -2.29.